The molecule has 2 aromatic rings. The molecule has 1 aromatic carbocycles. The van der Waals surface area contributed by atoms with Gasteiger partial charge in [0.25, 0.3) is 11.8 Å². The highest BCUT2D eigenvalue weighted by molar-refractivity contribution is 6.43. The van der Waals surface area contributed by atoms with E-state index in [-0.39, 0.29) is 43.2 Å². The molecular weight excluding hydrogens is 485 g/mol. The summed E-state index contributed by atoms with van der Waals surface area (Å²) in [4.78, 5) is 32.4. The zero-order valence-corrected chi connectivity index (χ0v) is 23.1. The van der Waals surface area contributed by atoms with E-state index in [1.54, 1.807) is 10.7 Å². The molecule has 11 heteroatoms. The van der Waals surface area contributed by atoms with Crippen LogP contribution in [-0.4, -0.2) is 62.6 Å². The second kappa shape index (κ2) is 12.6. The van der Waals surface area contributed by atoms with E-state index in [0.717, 1.165) is 11.3 Å². The summed E-state index contributed by atoms with van der Waals surface area (Å²) in [5.41, 5.74) is 1.30. The fourth-order valence-electron chi connectivity index (χ4n) is 4.46. The van der Waals surface area contributed by atoms with Crippen molar-refractivity contribution in [1.82, 2.24) is 20.4 Å². The minimum absolute atomic E-state index is 0.0123. The zero-order chi connectivity index (χ0) is 28.0. The van der Waals surface area contributed by atoms with Crippen molar-refractivity contribution in [3.8, 4) is 0 Å². The van der Waals surface area contributed by atoms with Gasteiger partial charge in [-0.25, -0.2) is 0 Å². The topological polar surface area (TPSA) is 138 Å². The van der Waals surface area contributed by atoms with E-state index >= 15 is 0 Å². The highest BCUT2D eigenvalue weighted by atomic mass is 16.7. The Kier molecular flexibility index (Phi) is 9.73. The largest absolute Gasteiger partial charge is 0.475 e. The van der Waals surface area contributed by atoms with Crippen LogP contribution in [0.3, 0.4) is 0 Å². The number of carbonyl (C=O) groups excluding carboxylic acids is 2. The summed E-state index contributed by atoms with van der Waals surface area (Å²) >= 11 is 0. The number of hydrogen-bond acceptors (Lipinski definition) is 7. The predicted molar refractivity (Wildman–Crippen MR) is 147 cm³/mol. The molecule has 0 saturated heterocycles. The van der Waals surface area contributed by atoms with Crippen molar-refractivity contribution in [3.05, 3.63) is 53.3 Å². The quantitative estimate of drug-likeness (QED) is 0.315. The molecule has 38 heavy (non-hydrogen) atoms. The maximum absolute atomic E-state index is 13.5. The van der Waals surface area contributed by atoms with Crippen molar-refractivity contribution in [3.63, 3.8) is 0 Å². The van der Waals surface area contributed by atoms with E-state index in [0.29, 0.717) is 17.8 Å². The molecule has 10 nitrogen and oxygen atoms in total. The number of rotatable bonds is 12. The van der Waals surface area contributed by atoms with Crippen LogP contribution in [0.15, 0.2) is 41.6 Å². The lowest BCUT2D eigenvalue weighted by molar-refractivity contribution is -0.144. The van der Waals surface area contributed by atoms with Crippen LogP contribution < -0.4 is 10.6 Å². The first-order valence-electron chi connectivity index (χ1n) is 13.2. The number of nitrogens with zero attached hydrogens (tertiary/aromatic N) is 3. The van der Waals surface area contributed by atoms with Crippen molar-refractivity contribution in [1.29, 1.82) is 0 Å². The molecule has 1 aliphatic heterocycles. The first-order chi connectivity index (χ1) is 17.9. The molecule has 2 unspecified atom stereocenters. The number of amides is 2. The van der Waals surface area contributed by atoms with Crippen molar-refractivity contribution in [2.24, 2.45) is 11.1 Å². The van der Waals surface area contributed by atoms with Gasteiger partial charge >= 0.3 is 7.12 Å². The van der Waals surface area contributed by atoms with Crippen LogP contribution in [0.4, 0.5) is 0 Å². The molecule has 206 valence electrons. The fraction of sp³-hybridized carbons (Fsp3) is 0.556. The molecular formula is C27H40BN5O5. The third kappa shape index (κ3) is 7.23. The van der Waals surface area contributed by atoms with Crippen LogP contribution in [0.5, 0.6) is 0 Å². The molecule has 1 aliphatic rings. The molecule has 0 radical (unpaired) electrons. The van der Waals surface area contributed by atoms with Gasteiger partial charge in [-0.2, -0.15) is 5.10 Å². The fourth-order valence-corrected chi connectivity index (χ4v) is 4.46. The Balaban J connectivity index is 1.75. The van der Waals surface area contributed by atoms with E-state index in [1.807, 2.05) is 71.9 Å². The van der Waals surface area contributed by atoms with Gasteiger partial charge in [-0.1, -0.05) is 63.2 Å². The minimum atomic E-state index is -1.71. The number of aromatic nitrogens is 2. The zero-order valence-electron chi connectivity index (χ0n) is 23.1. The average molecular weight is 525 g/mol. The van der Waals surface area contributed by atoms with E-state index in [1.165, 1.54) is 0 Å². The first-order valence-corrected chi connectivity index (χ1v) is 13.2. The molecule has 0 bridgehead atoms. The van der Waals surface area contributed by atoms with Gasteiger partial charge in [0.2, 0.25) is 5.60 Å². The van der Waals surface area contributed by atoms with Crippen molar-refractivity contribution >= 4 is 24.6 Å². The van der Waals surface area contributed by atoms with Gasteiger partial charge in [-0.15, -0.1) is 0 Å². The van der Waals surface area contributed by atoms with Gasteiger partial charge in [0.15, 0.2) is 0 Å². The number of benzene rings is 1. The Morgan fingerprint density at radius 1 is 1.13 bits per heavy atom. The SMILES string of the molecule is CC(C)CC(NC(=O)C1(Cc2ccccc2)CC(CNC(=O)c2cc(C(C)C)nn2C(C)C)=NO1)B(O)O. The molecule has 3 rings (SSSR count). The summed E-state index contributed by atoms with van der Waals surface area (Å²) in [7, 11) is -1.71. The lowest BCUT2D eigenvalue weighted by Gasteiger charge is -2.29. The van der Waals surface area contributed by atoms with E-state index in [9.17, 15) is 19.6 Å². The van der Waals surface area contributed by atoms with Crippen LogP contribution >= 0.6 is 0 Å². The minimum Gasteiger partial charge on any atom is -0.426 e. The monoisotopic (exact) mass is 525 g/mol. The maximum atomic E-state index is 13.5. The molecule has 0 spiro atoms. The van der Waals surface area contributed by atoms with Crippen LogP contribution in [0.1, 0.15) is 88.1 Å². The van der Waals surface area contributed by atoms with Gasteiger partial charge in [-0.05, 0) is 43.7 Å². The smallest absolute Gasteiger partial charge is 0.426 e. The highest BCUT2D eigenvalue weighted by Crippen LogP contribution is 2.29. The summed E-state index contributed by atoms with van der Waals surface area (Å²) < 4.78 is 1.71. The second-order valence-electron chi connectivity index (χ2n) is 11.0. The highest BCUT2D eigenvalue weighted by Gasteiger charge is 2.48. The van der Waals surface area contributed by atoms with Crippen molar-refractivity contribution in [2.45, 2.75) is 84.3 Å². The number of oxime groups is 1. The van der Waals surface area contributed by atoms with Crippen LogP contribution in [0, 0.1) is 5.92 Å². The molecule has 4 N–H and O–H groups in total. The summed E-state index contributed by atoms with van der Waals surface area (Å²) in [5, 5.41) is 34.1. The summed E-state index contributed by atoms with van der Waals surface area (Å²) in [6.07, 6.45) is 0.759. The van der Waals surface area contributed by atoms with Crippen molar-refractivity contribution < 1.29 is 24.5 Å². The molecule has 1 aromatic heterocycles. The van der Waals surface area contributed by atoms with Gasteiger partial charge in [-0.3, -0.25) is 14.3 Å². The number of nitrogens with one attached hydrogen (secondary N) is 2. The third-order valence-electron chi connectivity index (χ3n) is 6.51. The number of hydrogen-bond donors (Lipinski definition) is 4. The maximum Gasteiger partial charge on any atom is 0.475 e. The Morgan fingerprint density at radius 2 is 1.82 bits per heavy atom. The molecule has 2 atom stereocenters. The first kappa shape index (κ1) is 29.4. The molecule has 0 fully saturated rings. The summed E-state index contributed by atoms with van der Waals surface area (Å²) in [6, 6.07) is 11.2. The lowest BCUT2D eigenvalue weighted by atomic mass is 9.74. The van der Waals surface area contributed by atoms with E-state index < -0.39 is 24.6 Å². The summed E-state index contributed by atoms with van der Waals surface area (Å²) in [5.74, 6) is -1.30. The molecule has 0 aliphatic carbocycles. The van der Waals surface area contributed by atoms with Gasteiger partial charge in [0, 0.05) is 18.9 Å². The lowest BCUT2D eigenvalue weighted by Crippen LogP contribution is -2.56. The summed E-state index contributed by atoms with van der Waals surface area (Å²) in [6.45, 7) is 12.0. The van der Waals surface area contributed by atoms with Crippen LogP contribution in [-0.2, 0) is 16.1 Å². The van der Waals surface area contributed by atoms with Crippen LogP contribution in [0.2, 0.25) is 0 Å². The van der Waals surface area contributed by atoms with E-state index in [4.69, 9.17) is 4.84 Å². The van der Waals surface area contributed by atoms with Gasteiger partial charge < -0.3 is 25.5 Å². The van der Waals surface area contributed by atoms with Crippen LogP contribution in [0.25, 0.3) is 0 Å². The Hall–Kier alpha value is -3.18. The predicted octanol–water partition coefficient (Wildman–Crippen LogP) is 2.62. The van der Waals surface area contributed by atoms with Crippen molar-refractivity contribution in [2.75, 3.05) is 6.54 Å². The molecule has 2 heterocycles. The Bertz CT molecular complexity index is 1130. The Labute approximate surface area is 225 Å². The van der Waals surface area contributed by atoms with E-state index in [2.05, 4.69) is 20.9 Å². The average Bonchev–Trinajstić information content (AvgIpc) is 3.48. The number of carbonyl (C=O) groups is 2. The standard InChI is InChI=1S/C27H40BN5O5/c1-17(2)12-24(28(36)37)30-26(35)27(14-20-10-8-7-9-11-20)15-21(32-38-27)16-29-25(34)23-13-22(18(3)4)31-33(23)19(5)6/h7-11,13,17-19,24,36-37H,12,14-16H2,1-6H3,(H,29,34)(H,30,35). The Morgan fingerprint density at radius 3 is 2.39 bits per heavy atom. The third-order valence-corrected chi connectivity index (χ3v) is 6.51. The second-order valence-corrected chi connectivity index (χ2v) is 11.0. The van der Waals surface area contributed by atoms with Gasteiger partial charge in [0.1, 0.15) is 5.69 Å². The van der Waals surface area contributed by atoms with Gasteiger partial charge in [0.05, 0.1) is 23.9 Å². The normalized spacial score (nSPS) is 17.9. The molecule has 0 saturated carbocycles. The molecule has 2 amide bonds.